The topological polar surface area (TPSA) is 98.2 Å². The number of benzene rings is 3. The number of para-hydroxylation sites is 2. The zero-order valence-corrected chi connectivity index (χ0v) is 18.4. The highest BCUT2D eigenvalue weighted by molar-refractivity contribution is 6.30. The minimum Gasteiger partial charge on any atom is -0.383 e. The van der Waals surface area contributed by atoms with Gasteiger partial charge in [-0.2, -0.15) is 9.78 Å². The molecular weight excluding hydrogens is 436 g/mol. The molecular formula is C25H19ClN6O. The Morgan fingerprint density at radius 3 is 2.48 bits per heavy atom. The van der Waals surface area contributed by atoms with Crippen molar-refractivity contribution >= 4 is 57.4 Å². The highest BCUT2D eigenvalue weighted by Crippen LogP contribution is 2.28. The summed E-state index contributed by atoms with van der Waals surface area (Å²) in [6, 6.07) is 22.2. The lowest BCUT2D eigenvalue weighted by Gasteiger charge is -2.06. The van der Waals surface area contributed by atoms with Crippen LogP contribution >= 0.6 is 11.6 Å². The predicted molar refractivity (Wildman–Crippen MR) is 133 cm³/mol. The Balaban J connectivity index is 1.66. The second-order valence-electron chi connectivity index (χ2n) is 7.58. The monoisotopic (exact) mass is 454 g/mol. The highest BCUT2D eigenvalue weighted by atomic mass is 35.5. The number of nitrogens with zero attached hydrogens (tertiary/aromatic N) is 4. The number of carbonyl (C=O) groups is 1. The SMILES string of the molecule is Cc1ccc(NC(=O)c2c(N)n(N=Cc3cccc(Cl)c3)c3nc4ccccc4nc23)cc1. The zero-order chi connectivity index (χ0) is 22.9. The molecule has 0 saturated carbocycles. The summed E-state index contributed by atoms with van der Waals surface area (Å²) < 4.78 is 1.43. The Kier molecular flexibility index (Phi) is 5.24. The van der Waals surface area contributed by atoms with Crippen LogP contribution in [0.25, 0.3) is 22.2 Å². The fourth-order valence-electron chi connectivity index (χ4n) is 3.53. The molecule has 33 heavy (non-hydrogen) atoms. The van der Waals surface area contributed by atoms with Crippen molar-refractivity contribution in [2.24, 2.45) is 5.10 Å². The number of fused-ring (bicyclic) bond motifs is 2. The molecule has 0 unspecified atom stereocenters. The summed E-state index contributed by atoms with van der Waals surface area (Å²) in [6.45, 7) is 1.98. The van der Waals surface area contributed by atoms with Gasteiger partial charge in [-0.15, -0.1) is 0 Å². The number of nitrogen functional groups attached to an aromatic ring is 1. The van der Waals surface area contributed by atoms with Crippen molar-refractivity contribution in [3.63, 3.8) is 0 Å². The lowest BCUT2D eigenvalue weighted by atomic mass is 10.2. The maximum atomic E-state index is 13.3. The zero-order valence-electron chi connectivity index (χ0n) is 17.7. The summed E-state index contributed by atoms with van der Waals surface area (Å²) in [5.74, 6) is -0.245. The van der Waals surface area contributed by atoms with Crippen molar-refractivity contribution in [3.05, 3.63) is 94.5 Å². The van der Waals surface area contributed by atoms with E-state index in [0.29, 0.717) is 32.9 Å². The van der Waals surface area contributed by atoms with Crippen LogP contribution in [0.5, 0.6) is 0 Å². The summed E-state index contributed by atoms with van der Waals surface area (Å²) in [7, 11) is 0. The number of rotatable bonds is 4. The van der Waals surface area contributed by atoms with Crippen molar-refractivity contribution in [3.8, 4) is 0 Å². The number of hydrogen-bond acceptors (Lipinski definition) is 5. The van der Waals surface area contributed by atoms with Crippen LogP contribution in [-0.2, 0) is 0 Å². The number of hydrogen-bond donors (Lipinski definition) is 2. The van der Waals surface area contributed by atoms with Crippen LogP contribution in [-0.4, -0.2) is 26.8 Å². The molecule has 8 heteroatoms. The minimum atomic E-state index is -0.386. The Hall–Kier alpha value is -4.23. The number of carbonyl (C=O) groups excluding carboxylic acids is 1. The van der Waals surface area contributed by atoms with Crippen LogP contribution in [0.15, 0.2) is 77.9 Å². The van der Waals surface area contributed by atoms with Gasteiger partial charge in [0.25, 0.3) is 5.91 Å². The normalized spacial score (nSPS) is 11.5. The van der Waals surface area contributed by atoms with Gasteiger partial charge in [0.1, 0.15) is 16.9 Å². The molecule has 0 aliphatic carbocycles. The van der Waals surface area contributed by atoms with Gasteiger partial charge in [-0.1, -0.05) is 53.6 Å². The first kappa shape index (κ1) is 20.7. The number of aryl methyl sites for hydroxylation is 1. The second-order valence-corrected chi connectivity index (χ2v) is 8.01. The fourth-order valence-corrected chi connectivity index (χ4v) is 3.73. The molecule has 0 fully saturated rings. The second kappa shape index (κ2) is 8.37. The number of aromatic nitrogens is 3. The molecule has 5 rings (SSSR count). The van der Waals surface area contributed by atoms with Gasteiger partial charge >= 0.3 is 0 Å². The lowest BCUT2D eigenvalue weighted by Crippen LogP contribution is -2.14. The van der Waals surface area contributed by atoms with E-state index >= 15 is 0 Å². The summed E-state index contributed by atoms with van der Waals surface area (Å²) in [4.78, 5) is 22.6. The fraction of sp³-hybridized carbons (Fsp3) is 0.0400. The van der Waals surface area contributed by atoms with E-state index in [4.69, 9.17) is 22.3 Å². The van der Waals surface area contributed by atoms with Crippen molar-refractivity contribution in [1.29, 1.82) is 0 Å². The molecule has 0 aliphatic heterocycles. The number of amides is 1. The predicted octanol–water partition coefficient (Wildman–Crippen LogP) is 5.26. The number of nitrogens with one attached hydrogen (secondary N) is 1. The van der Waals surface area contributed by atoms with Gasteiger partial charge in [0.2, 0.25) is 0 Å². The van der Waals surface area contributed by atoms with E-state index in [1.165, 1.54) is 4.68 Å². The molecule has 5 aromatic rings. The molecule has 3 N–H and O–H groups in total. The van der Waals surface area contributed by atoms with Gasteiger partial charge < -0.3 is 11.1 Å². The van der Waals surface area contributed by atoms with Crippen molar-refractivity contribution in [2.75, 3.05) is 11.1 Å². The van der Waals surface area contributed by atoms with Crippen molar-refractivity contribution in [1.82, 2.24) is 14.6 Å². The summed E-state index contributed by atoms with van der Waals surface area (Å²) in [5, 5.41) is 7.98. The largest absolute Gasteiger partial charge is 0.383 e. The number of halogens is 1. The first-order valence-corrected chi connectivity index (χ1v) is 10.6. The van der Waals surface area contributed by atoms with Crippen LogP contribution in [0.4, 0.5) is 11.5 Å². The molecule has 162 valence electrons. The van der Waals surface area contributed by atoms with Gasteiger partial charge in [-0.25, -0.2) is 9.97 Å². The van der Waals surface area contributed by atoms with Gasteiger partial charge in [0.05, 0.1) is 17.2 Å². The van der Waals surface area contributed by atoms with Crippen LogP contribution in [0.1, 0.15) is 21.5 Å². The van der Waals surface area contributed by atoms with E-state index in [0.717, 1.165) is 11.1 Å². The van der Waals surface area contributed by atoms with E-state index < -0.39 is 0 Å². The van der Waals surface area contributed by atoms with Crippen molar-refractivity contribution in [2.45, 2.75) is 6.92 Å². The average molecular weight is 455 g/mol. The molecule has 0 saturated heterocycles. The van der Waals surface area contributed by atoms with Crippen LogP contribution in [0.2, 0.25) is 5.02 Å². The average Bonchev–Trinajstić information content (AvgIpc) is 3.08. The number of anilines is 2. The molecule has 0 spiro atoms. The molecule has 0 aliphatic rings. The Labute approximate surface area is 194 Å². The van der Waals surface area contributed by atoms with E-state index in [1.54, 1.807) is 18.3 Å². The molecule has 2 aromatic heterocycles. The highest BCUT2D eigenvalue weighted by Gasteiger charge is 2.24. The van der Waals surface area contributed by atoms with Gasteiger partial charge in [0.15, 0.2) is 5.65 Å². The third-order valence-electron chi connectivity index (χ3n) is 5.18. The minimum absolute atomic E-state index is 0.142. The van der Waals surface area contributed by atoms with Gasteiger partial charge in [-0.05, 0) is 48.9 Å². The standard InChI is InChI=1S/C25H19ClN6O/c1-15-9-11-18(12-10-15)29-25(33)21-22-24(31-20-8-3-2-7-19(20)30-22)32(23(21)27)28-14-16-5-4-6-17(26)13-16/h2-14H,27H2,1H3,(H,29,33). The van der Waals surface area contributed by atoms with Crippen molar-refractivity contribution < 1.29 is 4.79 Å². The Morgan fingerprint density at radius 2 is 1.76 bits per heavy atom. The third kappa shape index (κ3) is 4.02. The molecule has 2 heterocycles. The molecule has 7 nitrogen and oxygen atoms in total. The van der Waals surface area contributed by atoms with Crippen LogP contribution < -0.4 is 11.1 Å². The van der Waals surface area contributed by atoms with Gasteiger partial charge in [0, 0.05) is 10.7 Å². The van der Waals surface area contributed by atoms with Crippen LogP contribution in [0, 0.1) is 6.92 Å². The third-order valence-corrected chi connectivity index (χ3v) is 5.42. The summed E-state index contributed by atoms with van der Waals surface area (Å²) in [6.07, 6.45) is 1.61. The Bertz CT molecular complexity index is 1540. The maximum Gasteiger partial charge on any atom is 0.261 e. The smallest absolute Gasteiger partial charge is 0.261 e. The number of nitrogens with two attached hydrogens (primary N) is 1. The first-order chi connectivity index (χ1) is 16.0. The summed E-state index contributed by atoms with van der Waals surface area (Å²) >= 11 is 6.08. The van der Waals surface area contributed by atoms with E-state index in [2.05, 4.69) is 15.4 Å². The van der Waals surface area contributed by atoms with E-state index in [1.807, 2.05) is 67.6 Å². The molecule has 0 bridgehead atoms. The van der Waals surface area contributed by atoms with E-state index in [9.17, 15) is 4.79 Å². The van der Waals surface area contributed by atoms with Crippen LogP contribution in [0.3, 0.4) is 0 Å². The lowest BCUT2D eigenvalue weighted by molar-refractivity contribution is 0.102. The summed E-state index contributed by atoms with van der Waals surface area (Å²) in [5.41, 5.74) is 11.3. The quantitative estimate of drug-likeness (QED) is 0.362. The first-order valence-electron chi connectivity index (χ1n) is 10.2. The molecule has 3 aromatic carbocycles. The maximum absolute atomic E-state index is 13.3. The van der Waals surface area contributed by atoms with E-state index in [-0.39, 0.29) is 17.3 Å². The Morgan fingerprint density at radius 1 is 1.03 bits per heavy atom. The molecule has 0 atom stereocenters. The molecule has 0 radical (unpaired) electrons. The molecule has 1 amide bonds. The van der Waals surface area contributed by atoms with Gasteiger partial charge in [-0.3, -0.25) is 4.79 Å².